The van der Waals surface area contributed by atoms with Gasteiger partial charge in [0.25, 0.3) is 0 Å². The number of hydrogen-bond acceptors (Lipinski definition) is 5. The Balaban J connectivity index is 0.859. The molecule has 0 spiro atoms. The molecule has 0 unspecified atom stereocenters. The third-order valence-corrected chi connectivity index (χ3v) is 13.5. The van der Waals surface area contributed by atoms with Crippen molar-refractivity contribution in [3.63, 3.8) is 0 Å². The SMILES string of the molecule is c1ccc(-c2ccc(-c3nc(-c4ccccc4)nc(-c4ccc5c(c4)oc4ccc(-c6cccc7c6oc6c(-n8c9ccccc9c9cc(-c%10ccccc%10)ccc98)cccc67)cc45)n3)cc2)cc1. The predicted molar refractivity (Wildman–Crippen MR) is 281 cm³/mol. The summed E-state index contributed by atoms with van der Waals surface area (Å²) >= 11 is 0. The molecule has 0 N–H and O–H groups in total. The zero-order valence-corrected chi connectivity index (χ0v) is 37.0. The lowest BCUT2D eigenvalue weighted by Gasteiger charge is -2.09. The smallest absolute Gasteiger partial charge is 0.164 e. The molecule has 4 aromatic heterocycles. The molecule has 0 bridgehead atoms. The Hall–Kier alpha value is -9.39. The van der Waals surface area contributed by atoms with Gasteiger partial charge in [-0.1, -0.05) is 182 Å². The number of hydrogen-bond donors (Lipinski definition) is 0. The largest absolute Gasteiger partial charge is 0.456 e. The summed E-state index contributed by atoms with van der Waals surface area (Å²) in [5.41, 5.74) is 15.9. The Labute approximate surface area is 396 Å². The van der Waals surface area contributed by atoms with E-state index in [0.717, 1.165) is 99.5 Å². The van der Waals surface area contributed by atoms with Crippen LogP contribution in [0.4, 0.5) is 0 Å². The number of furan rings is 2. The zero-order valence-electron chi connectivity index (χ0n) is 37.0. The fourth-order valence-electron chi connectivity index (χ4n) is 10.1. The minimum absolute atomic E-state index is 0.572. The Kier molecular flexibility index (Phi) is 8.79. The highest BCUT2D eigenvalue weighted by atomic mass is 16.3. The maximum atomic E-state index is 7.08. The van der Waals surface area contributed by atoms with E-state index in [0.29, 0.717) is 17.5 Å². The van der Waals surface area contributed by atoms with Gasteiger partial charge in [-0.3, -0.25) is 0 Å². The van der Waals surface area contributed by atoms with E-state index in [1.165, 1.54) is 21.9 Å². The van der Waals surface area contributed by atoms with Gasteiger partial charge in [-0.05, 0) is 76.3 Å². The topological polar surface area (TPSA) is 69.9 Å². The van der Waals surface area contributed by atoms with Crippen molar-refractivity contribution in [1.29, 1.82) is 0 Å². The number of rotatable bonds is 7. The van der Waals surface area contributed by atoms with Crippen LogP contribution in [0, 0.1) is 0 Å². The molecule has 0 saturated heterocycles. The molecule has 0 radical (unpaired) electrons. The standard InChI is InChI=1S/C63H38N4O2/c1-4-14-39(15-5-1)41-26-28-43(29-27-41)62-64-61(42-18-8-3-9-19-42)65-63(66-62)46-30-33-49-53-37-45(32-35-57(53)68-58(49)38-46)47-21-12-22-50-51-23-13-25-56(60(51)69-59(47)50)67-54-24-11-10-20-48(54)52-36-44(31-34-55(52)67)40-16-6-2-7-17-40/h1-38H. The van der Waals surface area contributed by atoms with Gasteiger partial charge in [-0.25, -0.2) is 15.0 Å². The molecule has 0 aliphatic heterocycles. The summed E-state index contributed by atoms with van der Waals surface area (Å²) in [6, 6.07) is 80.4. The van der Waals surface area contributed by atoms with Gasteiger partial charge in [0.1, 0.15) is 16.7 Å². The van der Waals surface area contributed by atoms with Gasteiger partial charge < -0.3 is 13.4 Å². The molecule has 6 nitrogen and oxygen atoms in total. The summed E-state index contributed by atoms with van der Waals surface area (Å²) in [4.78, 5) is 15.0. The molecule has 0 amide bonds. The van der Waals surface area contributed by atoms with Crippen LogP contribution >= 0.6 is 0 Å². The second-order valence-corrected chi connectivity index (χ2v) is 17.5. The van der Waals surface area contributed by atoms with Crippen LogP contribution in [0.15, 0.2) is 239 Å². The van der Waals surface area contributed by atoms with Crippen molar-refractivity contribution in [2.45, 2.75) is 0 Å². The van der Waals surface area contributed by atoms with Gasteiger partial charge in [-0.15, -0.1) is 0 Å². The van der Waals surface area contributed by atoms with Crippen LogP contribution in [0.5, 0.6) is 0 Å². The van der Waals surface area contributed by atoms with Crippen LogP contribution in [0.1, 0.15) is 0 Å². The van der Waals surface area contributed by atoms with E-state index in [9.17, 15) is 0 Å². The normalized spacial score (nSPS) is 11.8. The molecule has 0 aliphatic carbocycles. The van der Waals surface area contributed by atoms with Crippen LogP contribution in [0.25, 0.3) is 139 Å². The first kappa shape index (κ1) is 38.8. The second-order valence-electron chi connectivity index (χ2n) is 17.5. The monoisotopic (exact) mass is 882 g/mol. The number of aromatic nitrogens is 4. The van der Waals surface area contributed by atoms with Crippen molar-refractivity contribution >= 4 is 65.7 Å². The van der Waals surface area contributed by atoms with E-state index >= 15 is 0 Å². The van der Waals surface area contributed by atoms with Crippen LogP contribution in [-0.4, -0.2) is 19.5 Å². The highest BCUT2D eigenvalue weighted by Crippen LogP contribution is 2.43. The van der Waals surface area contributed by atoms with E-state index in [4.69, 9.17) is 23.8 Å². The van der Waals surface area contributed by atoms with Gasteiger partial charge >= 0.3 is 0 Å². The Morgan fingerprint density at radius 3 is 1.55 bits per heavy atom. The minimum Gasteiger partial charge on any atom is -0.456 e. The maximum Gasteiger partial charge on any atom is 0.164 e. The zero-order chi connectivity index (χ0) is 45.4. The molecule has 14 rings (SSSR count). The number of nitrogens with zero attached hydrogens (tertiary/aromatic N) is 4. The van der Waals surface area contributed by atoms with Gasteiger partial charge in [0.05, 0.1) is 16.7 Å². The summed E-state index contributed by atoms with van der Waals surface area (Å²) < 4.78 is 16.0. The lowest BCUT2D eigenvalue weighted by Crippen LogP contribution is -2.00. The molecule has 0 atom stereocenters. The van der Waals surface area contributed by atoms with Crippen LogP contribution in [0.2, 0.25) is 0 Å². The highest BCUT2D eigenvalue weighted by molar-refractivity contribution is 6.15. The maximum absolute atomic E-state index is 7.08. The first-order valence-corrected chi connectivity index (χ1v) is 23.2. The second kappa shape index (κ2) is 15.6. The first-order chi connectivity index (χ1) is 34.2. The van der Waals surface area contributed by atoms with Gasteiger partial charge in [0, 0.05) is 54.6 Å². The highest BCUT2D eigenvalue weighted by Gasteiger charge is 2.21. The molecule has 0 saturated carbocycles. The predicted octanol–water partition coefficient (Wildman–Crippen LogP) is 16.8. The molecule has 14 aromatic rings. The molecule has 322 valence electrons. The Bertz CT molecular complexity index is 4290. The van der Waals surface area contributed by atoms with Crippen LogP contribution < -0.4 is 0 Å². The van der Waals surface area contributed by atoms with E-state index in [1.54, 1.807) is 0 Å². The average Bonchev–Trinajstić information content (AvgIpc) is 4.10. The molecule has 0 fully saturated rings. The molecule has 0 aliphatic rings. The Morgan fingerprint density at radius 2 is 0.797 bits per heavy atom. The first-order valence-electron chi connectivity index (χ1n) is 23.2. The summed E-state index contributed by atoms with van der Waals surface area (Å²) in [6.07, 6.45) is 0. The average molecular weight is 883 g/mol. The minimum atomic E-state index is 0.572. The molecular weight excluding hydrogens is 845 g/mol. The fourth-order valence-corrected chi connectivity index (χ4v) is 10.1. The van der Waals surface area contributed by atoms with Gasteiger partial charge in [0.15, 0.2) is 23.1 Å². The van der Waals surface area contributed by atoms with Crippen molar-refractivity contribution in [3.8, 4) is 73.2 Å². The molecular formula is C63H38N4O2. The van der Waals surface area contributed by atoms with Crippen molar-refractivity contribution in [3.05, 3.63) is 231 Å². The Morgan fingerprint density at radius 1 is 0.275 bits per heavy atom. The molecule has 4 heterocycles. The quantitative estimate of drug-likeness (QED) is 0.159. The molecule has 10 aromatic carbocycles. The van der Waals surface area contributed by atoms with Crippen LogP contribution in [0.3, 0.4) is 0 Å². The number of para-hydroxylation sites is 3. The van der Waals surface area contributed by atoms with E-state index in [1.807, 2.05) is 42.5 Å². The number of fused-ring (bicyclic) bond motifs is 9. The fraction of sp³-hybridized carbons (Fsp3) is 0. The van der Waals surface area contributed by atoms with E-state index in [2.05, 4.69) is 193 Å². The third-order valence-electron chi connectivity index (χ3n) is 13.5. The third kappa shape index (κ3) is 6.45. The summed E-state index contributed by atoms with van der Waals surface area (Å²) in [5.74, 6) is 1.78. The van der Waals surface area contributed by atoms with Crippen molar-refractivity contribution < 1.29 is 8.83 Å². The number of benzene rings is 10. The van der Waals surface area contributed by atoms with Crippen molar-refractivity contribution in [1.82, 2.24) is 19.5 Å². The van der Waals surface area contributed by atoms with Crippen molar-refractivity contribution in [2.75, 3.05) is 0 Å². The van der Waals surface area contributed by atoms with E-state index in [-0.39, 0.29) is 0 Å². The lowest BCUT2D eigenvalue weighted by atomic mass is 10.00. The lowest BCUT2D eigenvalue weighted by molar-refractivity contribution is 0.667. The summed E-state index contributed by atoms with van der Waals surface area (Å²) in [7, 11) is 0. The van der Waals surface area contributed by atoms with Gasteiger partial charge in [0.2, 0.25) is 0 Å². The molecule has 69 heavy (non-hydrogen) atoms. The summed E-state index contributed by atoms with van der Waals surface area (Å²) in [6.45, 7) is 0. The van der Waals surface area contributed by atoms with Crippen LogP contribution in [-0.2, 0) is 0 Å². The van der Waals surface area contributed by atoms with Crippen molar-refractivity contribution in [2.24, 2.45) is 0 Å². The summed E-state index contributed by atoms with van der Waals surface area (Å²) in [5, 5.41) is 6.56. The van der Waals surface area contributed by atoms with E-state index < -0.39 is 0 Å². The van der Waals surface area contributed by atoms with Gasteiger partial charge in [-0.2, -0.15) is 0 Å². The molecule has 6 heteroatoms.